The third-order valence-corrected chi connectivity index (χ3v) is 2.65. The second-order valence-corrected chi connectivity index (χ2v) is 4.76. The van der Waals surface area contributed by atoms with Crippen LogP contribution in [0.5, 0.6) is 0 Å². The van der Waals surface area contributed by atoms with Crippen LogP contribution in [0.25, 0.3) is 0 Å². The van der Waals surface area contributed by atoms with Gasteiger partial charge in [0.1, 0.15) is 0 Å². The maximum absolute atomic E-state index is 10.4. The number of hydrogen-bond acceptors (Lipinski definition) is 4. The van der Waals surface area contributed by atoms with Gasteiger partial charge in [0, 0.05) is 0 Å². The van der Waals surface area contributed by atoms with Gasteiger partial charge in [-0.2, -0.15) is 8.42 Å². The lowest BCUT2D eigenvalue weighted by molar-refractivity contribution is -0.144. The van der Waals surface area contributed by atoms with E-state index < -0.39 is 33.7 Å². The van der Waals surface area contributed by atoms with Gasteiger partial charge in [-0.25, -0.2) is 0 Å². The third-order valence-electron chi connectivity index (χ3n) is 1.85. The molecule has 0 aromatic rings. The van der Waals surface area contributed by atoms with Crippen LogP contribution < -0.4 is 0 Å². The van der Waals surface area contributed by atoms with E-state index in [4.69, 9.17) is 14.8 Å². The second kappa shape index (κ2) is 6.44. The maximum Gasteiger partial charge on any atom is 0.322 e. The zero-order valence-electron chi connectivity index (χ0n) is 8.42. The molecule has 0 bridgehead atoms. The molecule has 93 valence electrons. The number of carbonyl (C=O) groups is 2. The zero-order valence-corrected chi connectivity index (χ0v) is 9.23. The van der Waals surface area contributed by atoms with Crippen molar-refractivity contribution in [1.29, 1.82) is 0 Å². The van der Waals surface area contributed by atoms with Crippen molar-refractivity contribution in [3.63, 3.8) is 0 Å². The van der Waals surface area contributed by atoms with E-state index in [0.717, 1.165) is 0 Å². The van der Waals surface area contributed by atoms with Crippen molar-refractivity contribution >= 4 is 22.1 Å². The number of rotatable bonds is 8. The van der Waals surface area contributed by atoms with Crippen LogP contribution in [-0.2, 0) is 19.7 Å². The SMILES string of the molecule is O=C(O)[C](CCCCCS(=O)(=O)O)C(=O)O. The molecule has 0 saturated heterocycles. The van der Waals surface area contributed by atoms with Crippen molar-refractivity contribution in [3.05, 3.63) is 5.92 Å². The molecule has 3 N–H and O–H groups in total. The molecule has 16 heavy (non-hydrogen) atoms. The van der Waals surface area contributed by atoms with Gasteiger partial charge in [-0.15, -0.1) is 0 Å². The molecule has 0 aliphatic rings. The Morgan fingerprint density at radius 3 is 1.81 bits per heavy atom. The van der Waals surface area contributed by atoms with Crippen LogP contribution in [0, 0.1) is 5.92 Å². The summed E-state index contributed by atoms with van der Waals surface area (Å²) in [6, 6.07) is 0. The highest BCUT2D eigenvalue weighted by Gasteiger charge is 2.26. The average Bonchev–Trinajstić information content (AvgIpc) is 2.07. The minimum Gasteiger partial charge on any atom is -0.480 e. The Balaban J connectivity index is 3.80. The molecule has 0 aliphatic heterocycles. The number of aliphatic carboxylic acids is 2. The molecule has 0 heterocycles. The fourth-order valence-electron chi connectivity index (χ4n) is 1.07. The smallest absolute Gasteiger partial charge is 0.322 e. The minimum absolute atomic E-state index is 0.129. The van der Waals surface area contributed by atoms with Crippen molar-refractivity contribution in [2.75, 3.05) is 5.75 Å². The predicted molar refractivity (Wildman–Crippen MR) is 53.4 cm³/mol. The Labute approximate surface area is 92.8 Å². The molecule has 0 amide bonds. The summed E-state index contributed by atoms with van der Waals surface area (Å²) in [6.45, 7) is 0. The summed E-state index contributed by atoms with van der Waals surface area (Å²) >= 11 is 0. The summed E-state index contributed by atoms with van der Waals surface area (Å²) in [6.07, 6.45) is 0.634. The highest BCUT2D eigenvalue weighted by atomic mass is 32.2. The minimum atomic E-state index is -4.00. The largest absolute Gasteiger partial charge is 0.480 e. The summed E-state index contributed by atoms with van der Waals surface area (Å²) < 4.78 is 29.0. The monoisotopic (exact) mass is 253 g/mol. The molecule has 7 nitrogen and oxygen atoms in total. The van der Waals surface area contributed by atoms with E-state index >= 15 is 0 Å². The molecule has 0 aromatic carbocycles. The Bertz CT molecular complexity index is 331. The summed E-state index contributed by atoms with van der Waals surface area (Å²) in [5.74, 6) is -3.99. The number of carboxylic acid groups (broad SMARTS) is 2. The Hall–Kier alpha value is -1.15. The quantitative estimate of drug-likeness (QED) is 0.319. The van der Waals surface area contributed by atoms with Crippen LogP contribution in [0.3, 0.4) is 0 Å². The molecular formula is C8H13O7S. The van der Waals surface area contributed by atoms with Crippen LogP contribution in [0.2, 0.25) is 0 Å². The molecule has 0 atom stereocenters. The van der Waals surface area contributed by atoms with E-state index in [0.29, 0.717) is 6.42 Å². The molecule has 0 spiro atoms. The maximum atomic E-state index is 10.4. The summed E-state index contributed by atoms with van der Waals surface area (Å²) in [4.78, 5) is 20.8. The molecule has 1 radical (unpaired) electrons. The Morgan fingerprint density at radius 1 is 0.938 bits per heavy atom. The van der Waals surface area contributed by atoms with E-state index in [1.165, 1.54) is 0 Å². The summed E-state index contributed by atoms with van der Waals surface area (Å²) in [7, 11) is -4.00. The third kappa shape index (κ3) is 7.18. The number of unbranched alkanes of at least 4 members (excludes halogenated alkanes) is 2. The van der Waals surface area contributed by atoms with Gasteiger partial charge in [0.25, 0.3) is 10.1 Å². The first-order chi connectivity index (χ1) is 7.24. The van der Waals surface area contributed by atoms with E-state index in [1.807, 2.05) is 0 Å². The first-order valence-electron chi connectivity index (χ1n) is 4.51. The molecule has 8 heteroatoms. The average molecular weight is 253 g/mol. The van der Waals surface area contributed by atoms with Gasteiger partial charge in [-0.1, -0.05) is 12.8 Å². The summed E-state index contributed by atoms with van der Waals surface area (Å²) in [5, 5.41) is 17.0. The molecule has 0 unspecified atom stereocenters. The van der Waals surface area contributed by atoms with Crippen molar-refractivity contribution < 1.29 is 32.8 Å². The summed E-state index contributed by atoms with van der Waals surface area (Å²) in [5.41, 5.74) is 0. The van der Waals surface area contributed by atoms with Crippen LogP contribution in [0.15, 0.2) is 0 Å². The van der Waals surface area contributed by atoms with Crippen LogP contribution in [0.4, 0.5) is 0 Å². The van der Waals surface area contributed by atoms with E-state index in [2.05, 4.69) is 0 Å². The van der Waals surface area contributed by atoms with E-state index in [-0.39, 0.29) is 19.3 Å². The van der Waals surface area contributed by atoms with Crippen molar-refractivity contribution in [2.24, 2.45) is 0 Å². The van der Waals surface area contributed by atoms with Gasteiger partial charge in [0.05, 0.1) is 5.75 Å². The van der Waals surface area contributed by atoms with Gasteiger partial charge in [-0.05, 0) is 12.8 Å². The van der Waals surface area contributed by atoms with E-state index in [1.54, 1.807) is 0 Å². The van der Waals surface area contributed by atoms with Crippen molar-refractivity contribution in [2.45, 2.75) is 25.7 Å². The van der Waals surface area contributed by atoms with Crippen LogP contribution >= 0.6 is 0 Å². The first-order valence-corrected chi connectivity index (χ1v) is 6.12. The van der Waals surface area contributed by atoms with Gasteiger partial charge < -0.3 is 10.2 Å². The molecule has 0 rings (SSSR count). The highest BCUT2D eigenvalue weighted by molar-refractivity contribution is 7.85. The fraction of sp³-hybridized carbons (Fsp3) is 0.625. The Morgan fingerprint density at radius 2 is 1.44 bits per heavy atom. The van der Waals surface area contributed by atoms with Crippen molar-refractivity contribution in [1.82, 2.24) is 0 Å². The molecule has 0 aliphatic carbocycles. The van der Waals surface area contributed by atoms with Crippen LogP contribution in [0.1, 0.15) is 25.7 Å². The van der Waals surface area contributed by atoms with E-state index in [9.17, 15) is 18.0 Å². The zero-order chi connectivity index (χ0) is 12.8. The van der Waals surface area contributed by atoms with Gasteiger partial charge >= 0.3 is 11.9 Å². The lowest BCUT2D eigenvalue weighted by Crippen LogP contribution is -2.20. The van der Waals surface area contributed by atoms with Gasteiger partial charge in [-0.3, -0.25) is 14.1 Å². The predicted octanol–water partition coefficient (Wildman–Crippen LogP) is 0.178. The van der Waals surface area contributed by atoms with Gasteiger partial charge in [0.2, 0.25) is 0 Å². The van der Waals surface area contributed by atoms with Gasteiger partial charge in [0.15, 0.2) is 5.92 Å². The second-order valence-electron chi connectivity index (χ2n) is 3.19. The van der Waals surface area contributed by atoms with Crippen molar-refractivity contribution in [3.8, 4) is 0 Å². The molecule has 0 saturated carbocycles. The topological polar surface area (TPSA) is 129 Å². The lowest BCUT2D eigenvalue weighted by Gasteiger charge is -2.05. The normalized spacial score (nSPS) is 11.6. The lowest BCUT2D eigenvalue weighted by atomic mass is 10.0. The molecule has 0 aromatic heterocycles. The molecule has 0 fully saturated rings. The first kappa shape index (κ1) is 14.8. The Kier molecular flexibility index (Phi) is 5.97. The molecular weight excluding hydrogens is 240 g/mol. The fourth-order valence-corrected chi connectivity index (χ4v) is 1.64. The highest BCUT2D eigenvalue weighted by Crippen LogP contribution is 2.13. The number of hydrogen-bond donors (Lipinski definition) is 3. The number of carboxylic acids is 2. The van der Waals surface area contributed by atoms with Crippen LogP contribution in [-0.4, -0.2) is 40.9 Å². The standard InChI is InChI=1S/C8H13O7S/c9-7(10)6(8(11)12)4-2-1-3-5-16(13,14)15/h1-5H2,(H,9,10)(H,11,12)(H,13,14,15).